The molecule has 1 aliphatic heterocycles. The summed E-state index contributed by atoms with van der Waals surface area (Å²) in [4.78, 5) is 12.0. The van der Waals surface area contributed by atoms with Gasteiger partial charge in [0.05, 0.1) is 3.57 Å². The van der Waals surface area contributed by atoms with Gasteiger partial charge in [0.15, 0.2) is 0 Å². The van der Waals surface area contributed by atoms with Crippen LogP contribution in [0.3, 0.4) is 0 Å². The Morgan fingerprint density at radius 3 is 2.65 bits per heavy atom. The van der Waals surface area contributed by atoms with Crippen molar-refractivity contribution < 1.29 is 14.6 Å². The quantitative estimate of drug-likeness (QED) is 0.526. The fourth-order valence-electron chi connectivity index (χ4n) is 1.55. The average molecular weight is 459 g/mol. The molecule has 0 unspecified atom stereocenters. The maximum absolute atomic E-state index is 12.0. The topological polar surface area (TPSA) is 58.6 Å². The Bertz CT molecular complexity index is 472. The van der Waals surface area contributed by atoms with E-state index in [1.54, 1.807) is 12.1 Å². The van der Waals surface area contributed by atoms with Crippen LogP contribution in [-0.2, 0) is 4.74 Å². The number of esters is 1. The van der Waals surface area contributed by atoms with Crippen LogP contribution in [0, 0.1) is 7.14 Å². The Labute approximate surface area is 126 Å². The first-order valence-corrected chi connectivity index (χ1v) is 7.19. The van der Waals surface area contributed by atoms with E-state index in [9.17, 15) is 9.90 Å². The van der Waals surface area contributed by atoms with Crippen molar-refractivity contribution >= 4 is 51.2 Å². The van der Waals surface area contributed by atoms with Crippen LogP contribution < -0.4 is 5.32 Å². The molecule has 1 saturated heterocycles. The summed E-state index contributed by atoms with van der Waals surface area (Å²) in [7, 11) is 0. The van der Waals surface area contributed by atoms with Gasteiger partial charge < -0.3 is 15.2 Å². The Kier molecular flexibility index (Phi) is 3.83. The summed E-state index contributed by atoms with van der Waals surface area (Å²) < 4.78 is 6.93. The number of carbonyl (C=O) groups excluding carboxylic acids is 1. The Morgan fingerprint density at radius 2 is 2.12 bits per heavy atom. The lowest BCUT2D eigenvalue weighted by molar-refractivity contribution is -0.0351. The Morgan fingerprint density at radius 1 is 1.47 bits per heavy atom. The zero-order chi connectivity index (χ0) is 12.6. The number of phenolic OH excluding ortho intramolecular Hbond substituents is 1. The van der Waals surface area contributed by atoms with Crippen LogP contribution in [0.15, 0.2) is 12.1 Å². The number of hydrogen-bond acceptors (Lipinski definition) is 4. The predicted octanol–water partition coefficient (Wildman–Crippen LogP) is 2.12. The zero-order valence-corrected chi connectivity index (χ0v) is 13.4. The summed E-state index contributed by atoms with van der Waals surface area (Å²) in [5, 5.41) is 12.9. The maximum atomic E-state index is 12.0. The monoisotopic (exact) mass is 459 g/mol. The number of rotatable bonds is 2. The molecule has 2 rings (SSSR count). The van der Waals surface area contributed by atoms with Gasteiger partial charge in [0.2, 0.25) is 0 Å². The molecular formula is C11H11I2NO3. The molecule has 0 radical (unpaired) electrons. The van der Waals surface area contributed by atoms with Gasteiger partial charge in [0.25, 0.3) is 0 Å². The Balaban J connectivity index is 2.24. The molecular weight excluding hydrogens is 448 g/mol. The number of hydrogen-bond donors (Lipinski definition) is 2. The number of nitrogens with one attached hydrogen (secondary N) is 1. The van der Waals surface area contributed by atoms with E-state index in [0.29, 0.717) is 16.7 Å². The molecule has 6 heteroatoms. The van der Waals surface area contributed by atoms with Crippen LogP contribution in [0.5, 0.6) is 5.75 Å². The summed E-state index contributed by atoms with van der Waals surface area (Å²) in [6, 6.07) is 3.44. The zero-order valence-electron chi connectivity index (χ0n) is 9.09. The van der Waals surface area contributed by atoms with Gasteiger partial charge in [-0.3, -0.25) is 0 Å². The second-order valence-electron chi connectivity index (χ2n) is 4.23. The summed E-state index contributed by atoms with van der Waals surface area (Å²) >= 11 is 4.10. The number of carbonyl (C=O) groups is 1. The molecule has 0 atom stereocenters. The molecule has 92 valence electrons. The summed E-state index contributed by atoms with van der Waals surface area (Å²) in [5.41, 5.74) is -0.217. The van der Waals surface area contributed by atoms with Crippen LogP contribution in [0.4, 0.5) is 0 Å². The van der Waals surface area contributed by atoms with Gasteiger partial charge in [-0.05, 0) is 64.2 Å². The van der Waals surface area contributed by atoms with Gasteiger partial charge in [-0.2, -0.15) is 0 Å². The molecule has 2 N–H and O–H groups in total. The fraction of sp³-hybridized carbons (Fsp3) is 0.364. The van der Waals surface area contributed by atoms with Crippen molar-refractivity contribution in [2.45, 2.75) is 12.5 Å². The van der Waals surface area contributed by atoms with Gasteiger partial charge in [0, 0.05) is 16.7 Å². The molecule has 0 spiro atoms. The Hall–Kier alpha value is -0.0900. The molecule has 1 aliphatic rings. The largest absolute Gasteiger partial charge is 0.506 e. The van der Waals surface area contributed by atoms with Crippen LogP contribution in [-0.4, -0.2) is 29.8 Å². The number of halogens is 2. The molecule has 1 aromatic carbocycles. The van der Waals surface area contributed by atoms with Crippen molar-refractivity contribution in [3.8, 4) is 5.75 Å². The lowest BCUT2D eigenvalue weighted by atomic mass is 10.00. The van der Waals surface area contributed by atoms with Gasteiger partial charge >= 0.3 is 5.97 Å². The van der Waals surface area contributed by atoms with Crippen LogP contribution in [0.1, 0.15) is 17.3 Å². The fourth-order valence-corrected chi connectivity index (χ4v) is 3.39. The standard InChI is InChI=1S/C11H11I2NO3/c1-11(4-14-5-11)17-10(16)7-2-6(12)3-8(13)9(7)15/h2-3,14-15H,4-5H2,1H3. The highest BCUT2D eigenvalue weighted by atomic mass is 127. The maximum Gasteiger partial charge on any atom is 0.342 e. The third-order valence-corrected chi connectivity index (χ3v) is 4.03. The van der Waals surface area contributed by atoms with E-state index in [1.807, 2.05) is 29.5 Å². The highest BCUT2D eigenvalue weighted by Gasteiger charge is 2.36. The second kappa shape index (κ2) is 4.88. The van der Waals surface area contributed by atoms with E-state index in [0.717, 1.165) is 3.57 Å². The van der Waals surface area contributed by atoms with Crippen LogP contribution in [0.2, 0.25) is 0 Å². The van der Waals surface area contributed by atoms with E-state index >= 15 is 0 Å². The second-order valence-corrected chi connectivity index (χ2v) is 6.63. The van der Waals surface area contributed by atoms with Gasteiger partial charge in [-0.25, -0.2) is 4.79 Å². The van der Waals surface area contributed by atoms with Gasteiger partial charge in [-0.15, -0.1) is 0 Å². The highest BCUT2D eigenvalue weighted by molar-refractivity contribution is 14.1. The third kappa shape index (κ3) is 2.84. The highest BCUT2D eigenvalue weighted by Crippen LogP contribution is 2.29. The normalized spacial score (nSPS) is 17.4. The van der Waals surface area contributed by atoms with Crippen molar-refractivity contribution in [2.24, 2.45) is 0 Å². The molecule has 1 heterocycles. The van der Waals surface area contributed by atoms with E-state index < -0.39 is 11.6 Å². The molecule has 0 bridgehead atoms. The van der Waals surface area contributed by atoms with Crippen molar-refractivity contribution in [3.05, 3.63) is 24.8 Å². The molecule has 0 saturated carbocycles. The number of phenols is 1. The van der Waals surface area contributed by atoms with Gasteiger partial charge in [0.1, 0.15) is 16.9 Å². The number of aromatic hydroxyl groups is 1. The van der Waals surface area contributed by atoms with E-state index in [-0.39, 0.29) is 11.3 Å². The van der Waals surface area contributed by atoms with Crippen molar-refractivity contribution in [1.82, 2.24) is 5.32 Å². The van der Waals surface area contributed by atoms with Crippen molar-refractivity contribution in [1.29, 1.82) is 0 Å². The summed E-state index contributed by atoms with van der Waals surface area (Å²) in [6.07, 6.45) is 0. The summed E-state index contributed by atoms with van der Waals surface area (Å²) in [5.74, 6) is -0.477. The number of ether oxygens (including phenoxy) is 1. The first kappa shape index (κ1) is 13.3. The van der Waals surface area contributed by atoms with E-state index in [2.05, 4.69) is 27.9 Å². The third-order valence-electron chi connectivity index (χ3n) is 2.59. The first-order chi connectivity index (χ1) is 7.91. The smallest absolute Gasteiger partial charge is 0.342 e. The minimum Gasteiger partial charge on any atom is -0.506 e. The minimum atomic E-state index is -0.470. The van der Waals surface area contributed by atoms with E-state index in [1.165, 1.54) is 0 Å². The van der Waals surface area contributed by atoms with Crippen molar-refractivity contribution in [2.75, 3.05) is 13.1 Å². The molecule has 0 amide bonds. The SMILES string of the molecule is CC1(OC(=O)c2cc(I)cc(I)c2O)CNC1. The molecule has 1 fully saturated rings. The molecule has 1 aromatic rings. The minimum absolute atomic E-state index is 0.00750. The average Bonchev–Trinajstić information content (AvgIpc) is 2.21. The number of benzene rings is 1. The first-order valence-electron chi connectivity index (χ1n) is 5.03. The molecule has 0 aliphatic carbocycles. The predicted molar refractivity (Wildman–Crippen MR) is 80.2 cm³/mol. The molecule has 0 aromatic heterocycles. The van der Waals surface area contributed by atoms with Crippen molar-refractivity contribution in [3.63, 3.8) is 0 Å². The lowest BCUT2D eigenvalue weighted by Gasteiger charge is -2.38. The summed E-state index contributed by atoms with van der Waals surface area (Å²) in [6.45, 7) is 3.18. The lowest BCUT2D eigenvalue weighted by Crippen LogP contribution is -2.59. The molecule has 17 heavy (non-hydrogen) atoms. The van der Waals surface area contributed by atoms with E-state index in [4.69, 9.17) is 4.74 Å². The van der Waals surface area contributed by atoms with Crippen LogP contribution >= 0.6 is 45.2 Å². The van der Waals surface area contributed by atoms with Crippen LogP contribution in [0.25, 0.3) is 0 Å². The molecule has 4 nitrogen and oxygen atoms in total. The van der Waals surface area contributed by atoms with Gasteiger partial charge in [-0.1, -0.05) is 0 Å².